The van der Waals surface area contributed by atoms with E-state index >= 15 is 0 Å². The standard InChI is InChI=1S/C28H32F3N5O3/c1-5-36(20-6-8-39-9-7-20)24-12-19(23-14-33-25(15-32-23)28(29,30)31)11-21(18(24)4)26(37)34-13-22-16(2)10-17(3)35-27(22)38/h10-12,14-15,20H,5-9,13H2,1-4H3,(H,34,37)(H,35,38). The monoisotopic (exact) mass is 543 g/mol. The van der Waals surface area contributed by atoms with Gasteiger partial charge in [-0.05, 0) is 69.9 Å². The van der Waals surface area contributed by atoms with Gasteiger partial charge in [0.1, 0.15) is 0 Å². The van der Waals surface area contributed by atoms with Crippen molar-refractivity contribution in [3.8, 4) is 11.3 Å². The van der Waals surface area contributed by atoms with Gasteiger partial charge < -0.3 is 19.9 Å². The first kappa shape index (κ1) is 28.3. The van der Waals surface area contributed by atoms with E-state index in [2.05, 4.69) is 25.2 Å². The lowest BCUT2D eigenvalue weighted by atomic mass is 9.97. The molecule has 1 fully saturated rings. The number of hydrogen-bond acceptors (Lipinski definition) is 6. The molecular weight excluding hydrogens is 511 g/mol. The van der Waals surface area contributed by atoms with Gasteiger partial charge >= 0.3 is 6.18 Å². The number of alkyl halides is 3. The predicted octanol–water partition coefficient (Wildman–Crippen LogP) is 4.71. The maximum absolute atomic E-state index is 13.5. The van der Waals surface area contributed by atoms with Gasteiger partial charge in [0.2, 0.25) is 0 Å². The van der Waals surface area contributed by atoms with Crippen molar-refractivity contribution < 1.29 is 22.7 Å². The number of carbonyl (C=O) groups excluding carboxylic acids is 1. The third-order valence-electron chi connectivity index (χ3n) is 7.06. The van der Waals surface area contributed by atoms with Crippen LogP contribution in [-0.2, 0) is 17.5 Å². The van der Waals surface area contributed by atoms with Crippen LogP contribution in [0, 0.1) is 20.8 Å². The van der Waals surface area contributed by atoms with E-state index < -0.39 is 17.8 Å². The summed E-state index contributed by atoms with van der Waals surface area (Å²) in [6.45, 7) is 9.40. The van der Waals surface area contributed by atoms with Crippen molar-refractivity contribution in [2.75, 3.05) is 24.7 Å². The molecule has 0 aliphatic carbocycles. The van der Waals surface area contributed by atoms with E-state index in [4.69, 9.17) is 4.74 Å². The van der Waals surface area contributed by atoms with Crippen LogP contribution in [0.25, 0.3) is 11.3 Å². The van der Waals surface area contributed by atoms with Gasteiger partial charge in [0.15, 0.2) is 5.69 Å². The molecule has 2 aromatic heterocycles. The quantitative estimate of drug-likeness (QED) is 0.448. The van der Waals surface area contributed by atoms with Crippen LogP contribution in [0.2, 0.25) is 0 Å². The molecule has 1 aliphatic rings. The van der Waals surface area contributed by atoms with Gasteiger partial charge in [-0.15, -0.1) is 0 Å². The number of nitrogens with one attached hydrogen (secondary N) is 2. The Balaban J connectivity index is 1.75. The molecule has 4 rings (SSSR count). The van der Waals surface area contributed by atoms with Gasteiger partial charge in [-0.2, -0.15) is 13.2 Å². The van der Waals surface area contributed by atoms with Crippen LogP contribution in [0.15, 0.2) is 35.4 Å². The molecule has 0 spiro atoms. The van der Waals surface area contributed by atoms with Crippen molar-refractivity contribution in [2.24, 2.45) is 0 Å². The summed E-state index contributed by atoms with van der Waals surface area (Å²) in [5, 5.41) is 2.85. The average Bonchev–Trinajstić information content (AvgIpc) is 2.89. The number of aromatic amines is 1. The minimum absolute atomic E-state index is 0.0246. The SMILES string of the molecule is CCN(c1cc(-c2cnc(C(F)(F)F)cn2)cc(C(=O)NCc2c(C)cc(C)[nH]c2=O)c1C)C1CCOCC1. The lowest BCUT2D eigenvalue weighted by Crippen LogP contribution is -2.40. The number of hydrogen-bond donors (Lipinski definition) is 2. The van der Waals surface area contributed by atoms with Crippen LogP contribution in [0.5, 0.6) is 0 Å². The number of benzene rings is 1. The van der Waals surface area contributed by atoms with Gasteiger partial charge in [0.05, 0.1) is 18.1 Å². The van der Waals surface area contributed by atoms with E-state index in [1.807, 2.05) is 32.9 Å². The molecule has 0 saturated carbocycles. The lowest BCUT2D eigenvalue weighted by Gasteiger charge is -2.37. The third kappa shape index (κ3) is 6.30. The van der Waals surface area contributed by atoms with Gasteiger partial charge in [0, 0.05) is 60.4 Å². The first-order chi connectivity index (χ1) is 18.5. The van der Waals surface area contributed by atoms with Crippen LogP contribution in [-0.4, -0.2) is 46.7 Å². The molecule has 3 aromatic rings. The molecule has 39 heavy (non-hydrogen) atoms. The number of amides is 1. The number of aromatic nitrogens is 3. The molecule has 1 aromatic carbocycles. The Bertz CT molecular complexity index is 1400. The minimum atomic E-state index is -4.61. The average molecular weight is 544 g/mol. The van der Waals surface area contributed by atoms with Gasteiger partial charge in [-0.3, -0.25) is 14.6 Å². The molecule has 0 bridgehead atoms. The topological polar surface area (TPSA) is 100 Å². The summed E-state index contributed by atoms with van der Waals surface area (Å²) in [7, 11) is 0. The van der Waals surface area contributed by atoms with Gasteiger partial charge in [-0.25, -0.2) is 4.98 Å². The lowest BCUT2D eigenvalue weighted by molar-refractivity contribution is -0.141. The highest BCUT2D eigenvalue weighted by molar-refractivity contribution is 5.98. The number of rotatable bonds is 7. The minimum Gasteiger partial charge on any atom is -0.381 e. The normalized spacial score (nSPS) is 14.3. The summed E-state index contributed by atoms with van der Waals surface area (Å²) in [5.74, 6) is -0.405. The maximum Gasteiger partial charge on any atom is 0.434 e. The molecule has 8 nitrogen and oxygen atoms in total. The van der Waals surface area contributed by atoms with Gasteiger partial charge in [-0.1, -0.05) is 0 Å². The van der Waals surface area contributed by atoms with Gasteiger partial charge in [0.25, 0.3) is 11.5 Å². The largest absolute Gasteiger partial charge is 0.434 e. The summed E-state index contributed by atoms with van der Waals surface area (Å²) in [4.78, 5) is 38.5. The molecule has 3 heterocycles. The molecule has 1 saturated heterocycles. The van der Waals surface area contributed by atoms with E-state index in [1.165, 1.54) is 0 Å². The van der Waals surface area contributed by atoms with E-state index in [0.717, 1.165) is 41.5 Å². The number of H-pyrrole nitrogens is 1. The fraction of sp³-hybridized carbons (Fsp3) is 0.429. The zero-order valence-electron chi connectivity index (χ0n) is 22.4. The van der Waals surface area contributed by atoms with E-state index in [0.29, 0.717) is 42.6 Å². The first-order valence-electron chi connectivity index (χ1n) is 12.9. The van der Waals surface area contributed by atoms with E-state index in [1.54, 1.807) is 13.0 Å². The number of anilines is 1. The van der Waals surface area contributed by atoms with Crippen LogP contribution in [0.3, 0.4) is 0 Å². The molecule has 0 unspecified atom stereocenters. The van der Waals surface area contributed by atoms with Crippen LogP contribution >= 0.6 is 0 Å². The maximum atomic E-state index is 13.5. The molecule has 11 heteroatoms. The number of pyridine rings is 1. The van der Waals surface area contributed by atoms with Crippen LogP contribution < -0.4 is 15.8 Å². The fourth-order valence-electron chi connectivity index (χ4n) is 4.99. The Morgan fingerprint density at radius 1 is 1.13 bits per heavy atom. The third-order valence-corrected chi connectivity index (χ3v) is 7.06. The summed E-state index contributed by atoms with van der Waals surface area (Å²) >= 11 is 0. The molecule has 1 amide bonds. The van der Waals surface area contributed by atoms with E-state index in [-0.39, 0.29) is 23.8 Å². The number of ether oxygens (including phenoxy) is 1. The Labute approximate surface area is 224 Å². The predicted molar refractivity (Wildman–Crippen MR) is 142 cm³/mol. The second-order valence-corrected chi connectivity index (χ2v) is 9.71. The van der Waals surface area contributed by atoms with Crippen LogP contribution in [0.1, 0.15) is 58.2 Å². The second kappa shape index (κ2) is 11.6. The van der Waals surface area contributed by atoms with Crippen molar-refractivity contribution in [1.82, 2.24) is 20.3 Å². The Morgan fingerprint density at radius 2 is 1.85 bits per heavy atom. The highest BCUT2D eigenvalue weighted by Crippen LogP contribution is 2.34. The Hall–Kier alpha value is -3.73. The van der Waals surface area contributed by atoms with Crippen molar-refractivity contribution >= 4 is 11.6 Å². The molecule has 2 N–H and O–H groups in total. The number of carbonyl (C=O) groups is 1. The van der Waals surface area contributed by atoms with Crippen LogP contribution in [0.4, 0.5) is 18.9 Å². The molecule has 208 valence electrons. The molecule has 1 aliphatic heterocycles. The summed E-state index contributed by atoms with van der Waals surface area (Å²) in [5.41, 5.74) is 3.12. The molecule has 0 radical (unpaired) electrons. The number of halogens is 3. The smallest absolute Gasteiger partial charge is 0.381 e. The van der Waals surface area contributed by atoms with E-state index in [9.17, 15) is 22.8 Å². The fourth-order valence-corrected chi connectivity index (χ4v) is 4.99. The number of nitrogens with zero attached hydrogens (tertiary/aromatic N) is 3. The summed E-state index contributed by atoms with van der Waals surface area (Å²) < 4.78 is 44.7. The van der Waals surface area contributed by atoms with Crippen molar-refractivity contribution in [3.63, 3.8) is 0 Å². The Morgan fingerprint density at radius 3 is 2.44 bits per heavy atom. The summed E-state index contributed by atoms with van der Waals surface area (Å²) in [6, 6.07) is 5.47. The first-order valence-corrected chi connectivity index (χ1v) is 12.9. The van der Waals surface area contributed by atoms with Crippen molar-refractivity contribution in [1.29, 1.82) is 0 Å². The second-order valence-electron chi connectivity index (χ2n) is 9.71. The highest BCUT2D eigenvalue weighted by atomic mass is 19.4. The molecule has 0 atom stereocenters. The van der Waals surface area contributed by atoms with Crippen molar-refractivity contribution in [2.45, 2.75) is 59.3 Å². The summed E-state index contributed by atoms with van der Waals surface area (Å²) in [6.07, 6.45) is -1.22. The highest BCUT2D eigenvalue weighted by Gasteiger charge is 2.33. The number of aryl methyl sites for hydroxylation is 2. The zero-order valence-corrected chi connectivity index (χ0v) is 22.4. The Kier molecular flexibility index (Phi) is 8.39. The molecular formula is C28H32F3N5O3. The zero-order chi connectivity index (χ0) is 28.3. The van der Waals surface area contributed by atoms with Crippen molar-refractivity contribution in [3.05, 3.63) is 74.6 Å².